The van der Waals surface area contributed by atoms with Gasteiger partial charge in [-0.3, -0.25) is 34.0 Å². The molecule has 11 rings (SSSR count). The van der Waals surface area contributed by atoms with Gasteiger partial charge in [-0.15, -0.1) is 0 Å². The Morgan fingerprint density at radius 3 is 2.57 bits per heavy atom. The minimum absolute atomic E-state index is 0.0391. The number of anilines is 2. The maximum Gasteiger partial charge on any atom is 0.284 e. The number of imide groups is 1. The minimum atomic E-state index is -2.89. The second-order valence-corrected chi connectivity index (χ2v) is 19.5. The van der Waals surface area contributed by atoms with Crippen LogP contribution in [0.15, 0.2) is 42.9 Å². The van der Waals surface area contributed by atoms with Crippen LogP contribution in [-0.2, 0) is 19.1 Å². The highest BCUT2D eigenvalue weighted by Crippen LogP contribution is 2.41. The van der Waals surface area contributed by atoms with Crippen LogP contribution in [0.1, 0.15) is 129 Å². The van der Waals surface area contributed by atoms with E-state index in [1.165, 1.54) is 29.8 Å². The van der Waals surface area contributed by atoms with Crippen molar-refractivity contribution >= 4 is 45.8 Å². The second kappa shape index (κ2) is 18.9. The number of nitrogens with one attached hydrogen (secondary N) is 2. The molecule has 1 unspecified atom stereocenters. The summed E-state index contributed by atoms with van der Waals surface area (Å²) in [5.74, 6) is 6.42. The number of rotatable bonds is 13. The molecule has 4 aromatic heterocycles. The molecular weight excluding hydrogens is 880 g/mol. The maximum absolute atomic E-state index is 15.6. The third kappa shape index (κ3) is 9.46. The van der Waals surface area contributed by atoms with E-state index in [4.69, 9.17) is 19.6 Å². The summed E-state index contributed by atoms with van der Waals surface area (Å²) in [4.78, 5) is 47.3. The summed E-state index contributed by atoms with van der Waals surface area (Å²) < 4.78 is 61.4. The summed E-state index contributed by atoms with van der Waals surface area (Å²) in [6, 6.07) is 7.77. The quantitative estimate of drug-likeness (QED) is 0.0974. The first-order valence-corrected chi connectivity index (χ1v) is 24.3. The largest absolute Gasteiger partial charge is 0.375 e. The highest BCUT2D eigenvalue weighted by molar-refractivity contribution is 6.08. The average molecular weight is 936 g/mol. The Kier molecular flexibility index (Phi) is 12.4. The summed E-state index contributed by atoms with van der Waals surface area (Å²) in [5, 5.41) is 19.5. The number of alkyl halides is 3. The molecule has 19 heteroatoms. The van der Waals surface area contributed by atoms with Crippen molar-refractivity contribution in [2.45, 2.75) is 120 Å². The SMILES string of the molecule is O=C1CCC(c2nn(C3CC3)c3c(C#CCO[C@@H]4CCN(CC5CCC(n6cc(NC(=O)c7cnn8ccc(N9CCO[C@H](CC%10CC%10)C9)nc78)c(C(F)F)n6)CC5)C[C@@H]4F)cccc23)C(=O)N1. The van der Waals surface area contributed by atoms with Crippen LogP contribution in [0.3, 0.4) is 0 Å². The molecule has 358 valence electrons. The summed E-state index contributed by atoms with van der Waals surface area (Å²) in [6.07, 6.45) is 10.0. The first-order valence-electron chi connectivity index (χ1n) is 24.3. The van der Waals surface area contributed by atoms with Crippen LogP contribution in [0.25, 0.3) is 16.6 Å². The third-order valence-electron chi connectivity index (χ3n) is 14.7. The Balaban J connectivity index is 0.665. The first-order chi connectivity index (χ1) is 33.1. The number of piperidine rings is 2. The number of para-hydroxylation sites is 1. The van der Waals surface area contributed by atoms with Crippen molar-refractivity contribution in [2.24, 2.45) is 11.8 Å². The van der Waals surface area contributed by atoms with Crippen LogP contribution in [0, 0.1) is 23.7 Å². The Labute approximate surface area is 391 Å². The Bertz CT molecular complexity index is 2760. The van der Waals surface area contributed by atoms with E-state index in [1.54, 1.807) is 10.9 Å². The second-order valence-electron chi connectivity index (χ2n) is 19.5. The number of hydrogen-bond donors (Lipinski definition) is 2. The van der Waals surface area contributed by atoms with E-state index in [2.05, 4.69) is 42.5 Å². The lowest BCUT2D eigenvalue weighted by atomic mass is 9.85. The van der Waals surface area contributed by atoms with E-state index in [0.717, 1.165) is 73.9 Å². The number of carbonyl (C=O) groups is 3. The molecule has 7 heterocycles. The molecule has 6 aliphatic rings. The molecule has 1 aromatic carbocycles. The zero-order valence-electron chi connectivity index (χ0n) is 37.9. The molecule has 3 saturated carbocycles. The number of carbonyl (C=O) groups excluding carboxylic acids is 3. The molecule has 4 atom stereocenters. The molecule has 0 bridgehead atoms. The monoisotopic (exact) mass is 935 g/mol. The number of benzene rings is 1. The van der Waals surface area contributed by atoms with Gasteiger partial charge in [0.2, 0.25) is 11.8 Å². The molecule has 3 amide bonds. The molecule has 3 aliphatic heterocycles. The fraction of sp³-hybridized carbons (Fsp3) is 0.571. The van der Waals surface area contributed by atoms with Crippen molar-refractivity contribution in [1.29, 1.82) is 0 Å². The number of amides is 3. The van der Waals surface area contributed by atoms with Crippen LogP contribution in [0.4, 0.5) is 24.7 Å². The lowest BCUT2D eigenvalue weighted by Crippen LogP contribution is -2.47. The molecule has 5 aromatic rings. The molecule has 68 heavy (non-hydrogen) atoms. The van der Waals surface area contributed by atoms with Gasteiger partial charge in [0.1, 0.15) is 24.2 Å². The molecule has 0 radical (unpaired) electrons. The van der Waals surface area contributed by atoms with Gasteiger partial charge in [-0.1, -0.05) is 36.8 Å². The van der Waals surface area contributed by atoms with E-state index in [9.17, 15) is 23.2 Å². The molecule has 6 fully saturated rings. The Morgan fingerprint density at radius 1 is 0.971 bits per heavy atom. The summed E-state index contributed by atoms with van der Waals surface area (Å²) in [7, 11) is 0. The van der Waals surface area contributed by atoms with Crippen LogP contribution in [0.2, 0.25) is 0 Å². The van der Waals surface area contributed by atoms with Gasteiger partial charge < -0.3 is 19.7 Å². The van der Waals surface area contributed by atoms with Crippen molar-refractivity contribution in [3.63, 3.8) is 0 Å². The number of hydrogen-bond acceptors (Lipinski definition) is 11. The fourth-order valence-corrected chi connectivity index (χ4v) is 10.7. The van der Waals surface area contributed by atoms with Gasteiger partial charge >= 0.3 is 0 Å². The maximum atomic E-state index is 15.6. The highest BCUT2D eigenvalue weighted by Gasteiger charge is 2.37. The van der Waals surface area contributed by atoms with Gasteiger partial charge in [-0.2, -0.15) is 15.3 Å². The molecule has 3 saturated heterocycles. The lowest BCUT2D eigenvalue weighted by Gasteiger charge is -2.38. The van der Waals surface area contributed by atoms with Gasteiger partial charge in [-0.05, 0) is 81.8 Å². The van der Waals surface area contributed by atoms with Crippen LogP contribution in [-0.4, -0.2) is 121 Å². The lowest BCUT2D eigenvalue weighted by molar-refractivity contribution is -0.134. The first kappa shape index (κ1) is 44.7. The van der Waals surface area contributed by atoms with Crippen molar-refractivity contribution in [2.75, 3.05) is 56.2 Å². The van der Waals surface area contributed by atoms with E-state index < -0.39 is 36.2 Å². The predicted octanol–water partition coefficient (Wildman–Crippen LogP) is 6.54. The standard InChI is InChI=1S/C49H56F3N11O5/c50-38-27-59(18-16-40(38)68-21-2-4-31-3-1-5-35-43(36-14-15-42(64)56-48(36)65)58-63(45(31)35)33-12-13-33)25-30-8-10-32(11-9-30)62-28-39(44(57-62)46(51)52)54-49(66)37-24-53-61-19-17-41(55-47(37)61)60-20-22-67-34(26-60)23-29-6-7-29/h1,3,5,17,19,24,28-30,32-34,36,38,40,46H,6-16,18,20-23,25-27H2,(H,54,66)(H,56,64,65)/t30?,32?,34-,36?,38+,40-/m1/s1. The number of morpholine rings is 1. The number of fused-ring (bicyclic) bond motifs is 2. The molecule has 3 aliphatic carbocycles. The van der Waals surface area contributed by atoms with Gasteiger partial charge in [0.15, 0.2) is 11.3 Å². The van der Waals surface area contributed by atoms with Crippen LogP contribution in [0.5, 0.6) is 0 Å². The summed E-state index contributed by atoms with van der Waals surface area (Å²) >= 11 is 0. The van der Waals surface area contributed by atoms with Crippen molar-refractivity contribution in [1.82, 2.24) is 44.4 Å². The number of likely N-dealkylation sites (tertiary alicyclic amines) is 1. The zero-order valence-corrected chi connectivity index (χ0v) is 37.9. The van der Waals surface area contributed by atoms with E-state index in [1.807, 2.05) is 28.9 Å². The fourth-order valence-electron chi connectivity index (χ4n) is 10.7. The minimum Gasteiger partial charge on any atom is -0.375 e. The van der Waals surface area contributed by atoms with Crippen molar-refractivity contribution < 1.29 is 37.0 Å². The van der Waals surface area contributed by atoms with E-state index in [-0.39, 0.29) is 60.8 Å². The Morgan fingerprint density at radius 2 is 1.79 bits per heavy atom. The van der Waals surface area contributed by atoms with E-state index in [0.29, 0.717) is 62.2 Å². The number of nitrogens with zero attached hydrogens (tertiary/aromatic N) is 9. The van der Waals surface area contributed by atoms with Crippen LogP contribution >= 0.6 is 0 Å². The van der Waals surface area contributed by atoms with Crippen LogP contribution < -0.4 is 15.5 Å². The number of aromatic nitrogens is 7. The van der Waals surface area contributed by atoms with E-state index >= 15 is 4.39 Å². The highest BCUT2D eigenvalue weighted by atomic mass is 19.3. The topological polar surface area (TPSA) is 166 Å². The normalized spacial score (nSPS) is 26.0. The molecule has 2 N–H and O–H groups in total. The van der Waals surface area contributed by atoms with Crippen molar-refractivity contribution in [3.05, 3.63) is 65.4 Å². The number of halogens is 3. The average Bonchev–Trinajstić information content (AvgIpc) is 4.23. The molecular formula is C49H56F3N11O5. The summed E-state index contributed by atoms with van der Waals surface area (Å²) in [5.41, 5.74) is 2.30. The predicted molar refractivity (Wildman–Crippen MR) is 244 cm³/mol. The number of ether oxygens (including phenoxy) is 2. The summed E-state index contributed by atoms with van der Waals surface area (Å²) in [6.45, 7) is 3.76. The van der Waals surface area contributed by atoms with Crippen molar-refractivity contribution in [3.8, 4) is 11.8 Å². The zero-order chi connectivity index (χ0) is 46.5. The molecule has 0 spiro atoms. The third-order valence-corrected chi connectivity index (χ3v) is 14.7. The molecule has 16 nitrogen and oxygen atoms in total. The van der Waals surface area contributed by atoms with Gasteiger partial charge in [0, 0.05) is 56.9 Å². The van der Waals surface area contributed by atoms with Gasteiger partial charge in [0.25, 0.3) is 12.3 Å². The van der Waals surface area contributed by atoms with Gasteiger partial charge in [-0.25, -0.2) is 22.7 Å². The van der Waals surface area contributed by atoms with Gasteiger partial charge in [0.05, 0.1) is 65.5 Å². The smallest absolute Gasteiger partial charge is 0.284 e. The Hall–Kier alpha value is -5.84.